The normalized spacial score (nSPS) is 13.2. The van der Waals surface area contributed by atoms with Crippen LogP contribution in [0.25, 0.3) is 0 Å². The third-order valence-electron chi connectivity index (χ3n) is 2.27. The Kier molecular flexibility index (Phi) is 4.15. The number of ether oxygens (including phenoxy) is 1. The number of benzene rings is 1. The van der Waals surface area contributed by atoms with E-state index in [2.05, 4.69) is 0 Å². The fourth-order valence-corrected chi connectivity index (χ4v) is 1.25. The lowest BCUT2D eigenvalue weighted by Crippen LogP contribution is -2.31. The van der Waals surface area contributed by atoms with Crippen LogP contribution in [0.1, 0.15) is 30.6 Å². The number of alkyl halides is 3. The number of halogens is 3. The molecule has 0 bridgehead atoms. The molecule has 17 heavy (non-hydrogen) atoms. The summed E-state index contributed by atoms with van der Waals surface area (Å²) in [6.07, 6.45) is -6.16. The maximum Gasteiger partial charge on any atom is 0.425 e. The van der Waals surface area contributed by atoms with Crippen molar-refractivity contribution in [1.29, 1.82) is 0 Å². The largest absolute Gasteiger partial charge is 0.480 e. The monoisotopic (exact) mass is 246 g/mol. The Hall–Kier alpha value is -1.52. The average Bonchev–Trinajstić information content (AvgIpc) is 2.27. The molecule has 0 aliphatic rings. The summed E-state index contributed by atoms with van der Waals surface area (Å²) in [4.78, 5) is 11.5. The Labute approximate surface area is 97.4 Å². The summed E-state index contributed by atoms with van der Waals surface area (Å²) in [6.45, 7) is 2.56. The maximum absolute atomic E-state index is 12.3. The molecule has 0 aromatic heterocycles. The molecule has 0 aliphatic heterocycles. The Bertz CT molecular complexity index is 399. The highest BCUT2D eigenvalue weighted by Gasteiger charge is 2.38. The van der Waals surface area contributed by atoms with Crippen molar-refractivity contribution in [3.05, 3.63) is 29.8 Å². The zero-order valence-electron chi connectivity index (χ0n) is 9.54. The average molecular weight is 246 g/mol. The lowest BCUT2D eigenvalue weighted by atomic mass is 10.1. The summed E-state index contributed by atoms with van der Waals surface area (Å²) >= 11 is 0. The zero-order valence-corrected chi connectivity index (χ0v) is 9.54. The van der Waals surface area contributed by atoms with Gasteiger partial charge in [0.15, 0.2) is 11.9 Å². The summed E-state index contributed by atoms with van der Waals surface area (Å²) in [6, 6.07) is 5.95. The molecule has 1 unspecified atom stereocenters. The van der Waals surface area contributed by atoms with Gasteiger partial charge in [0.1, 0.15) is 5.75 Å². The van der Waals surface area contributed by atoms with Crippen molar-refractivity contribution in [2.45, 2.75) is 32.5 Å². The first-order valence-electron chi connectivity index (χ1n) is 5.21. The molecule has 0 radical (unpaired) electrons. The quantitative estimate of drug-likeness (QED) is 0.758. The van der Waals surface area contributed by atoms with Crippen molar-refractivity contribution in [3.63, 3.8) is 0 Å². The molecule has 1 rings (SSSR count). The molecular formula is C12H13F3O2. The van der Waals surface area contributed by atoms with Crippen molar-refractivity contribution < 1.29 is 22.7 Å². The molecule has 1 aromatic rings. The molecule has 0 heterocycles. The summed E-state index contributed by atoms with van der Waals surface area (Å²) in [5.74, 6) is -0.265. The van der Waals surface area contributed by atoms with E-state index in [0.29, 0.717) is 0 Å². The van der Waals surface area contributed by atoms with Gasteiger partial charge in [-0.15, -0.1) is 0 Å². The molecule has 0 amide bonds. The fourth-order valence-electron chi connectivity index (χ4n) is 1.25. The molecule has 0 aliphatic carbocycles. The number of Topliss-reactive ketones (excluding diaryl/α,β-unsaturated/α-hetero) is 1. The van der Waals surface area contributed by atoms with E-state index in [1.165, 1.54) is 18.2 Å². The van der Waals surface area contributed by atoms with Crippen molar-refractivity contribution in [3.8, 4) is 5.75 Å². The van der Waals surface area contributed by atoms with Crippen molar-refractivity contribution >= 4 is 5.78 Å². The summed E-state index contributed by atoms with van der Waals surface area (Å²) in [7, 11) is 0. The smallest absolute Gasteiger partial charge is 0.425 e. The third kappa shape index (κ3) is 3.47. The van der Waals surface area contributed by atoms with E-state index in [-0.39, 0.29) is 23.5 Å². The van der Waals surface area contributed by atoms with Crippen LogP contribution in [-0.2, 0) is 0 Å². The molecule has 5 heteroatoms. The van der Waals surface area contributed by atoms with Gasteiger partial charge in [0.05, 0.1) is 5.56 Å². The number of carbonyl (C=O) groups is 1. The van der Waals surface area contributed by atoms with Gasteiger partial charge in [-0.1, -0.05) is 19.1 Å². The first-order chi connectivity index (χ1) is 7.86. The molecule has 2 nitrogen and oxygen atoms in total. The molecule has 0 N–H and O–H groups in total. The minimum absolute atomic E-state index is 0.0239. The molecule has 94 valence electrons. The van der Waals surface area contributed by atoms with Crippen molar-refractivity contribution in [2.24, 2.45) is 0 Å². The lowest BCUT2D eigenvalue weighted by Gasteiger charge is -2.19. The minimum atomic E-state index is -4.44. The fraction of sp³-hybridized carbons (Fsp3) is 0.417. The first kappa shape index (κ1) is 13.5. The standard InChI is InChI=1S/C12H13F3O2/c1-3-10(16)9-6-4-5-7-11(9)17-8(2)12(13,14)15/h4-8H,3H2,1-2H3. The van der Waals surface area contributed by atoms with E-state index in [1.807, 2.05) is 0 Å². The summed E-state index contributed by atoms with van der Waals surface area (Å²) in [5, 5.41) is 0. The van der Waals surface area contributed by atoms with E-state index in [9.17, 15) is 18.0 Å². The van der Waals surface area contributed by atoms with Crippen LogP contribution >= 0.6 is 0 Å². The van der Waals surface area contributed by atoms with Crippen LogP contribution in [0.4, 0.5) is 13.2 Å². The van der Waals surface area contributed by atoms with Gasteiger partial charge in [-0.2, -0.15) is 13.2 Å². The van der Waals surface area contributed by atoms with Crippen molar-refractivity contribution in [1.82, 2.24) is 0 Å². The highest BCUT2D eigenvalue weighted by atomic mass is 19.4. The number of hydrogen-bond acceptors (Lipinski definition) is 2. The highest BCUT2D eigenvalue weighted by Crippen LogP contribution is 2.27. The minimum Gasteiger partial charge on any atom is -0.480 e. The lowest BCUT2D eigenvalue weighted by molar-refractivity contribution is -0.189. The van der Waals surface area contributed by atoms with E-state index >= 15 is 0 Å². The van der Waals surface area contributed by atoms with E-state index in [0.717, 1.165) is 6.92 Å². The molecule has 0 saturated heterocycles. The van der Waals surface area contributed by atoms with E-state index < -0.39 is 12.3 Å². The third-order valence-corrected chi connectivity index (χ3v) is 2.27. The molecule has 1 aromatic carbocycles. The SMILES string of the molecule is CCC(=O)c1ccccc1OC(C)C(F)(F)F. The van der Waals surface area contributed by atoms with Gasteiger partial charge in [-0.25, -0.2) is 0 Å². The predicted molar refractivity (Wildman–Crippen MR) is 57.2 cm³/mol. The van der Waals surface area contributed by atoms with Crippen LogP contribution in [-0.4, -0.2) is 18.1 Å². The van der Waals surface area contributed by atoms with Crippen LogP contribution in [0.3, 0.4) is 0 Å². The van der Waals surface area contributed by atoms with Crippen LogP contribution < -0.4 is 4.74 Å². The zero-order chi connectivity index (χ0) is 13.1. The second-order valence-corrected chi connectivity index (χ2v) is 3.57. The maximum atomic E-state index is 12.3. The van der Waals surface area contributed by atoms with Crippen molar-refractivity contribution in [2.75, 3.05) is 0 Å². The Morgan fingerprint density at radius 2 is 1.94 bits per heavy atom. The second kappa shape index (κ2) is 5.21. The Balaban J connectivity index is 2.95. The second-order valence-electron chi connectivity index (χ2n) is 3.57. The van der Waals surface area contributed by atoms with E-state index in [4.69, 9.17) is 4.74 Å². The van der Waals surface area contributed by atoms with Gasteiger partial charge < -0.3 is 4.74 Å². The number of hydrogen-bond donors (Lipinski definition) is 0. The van der Waals surface area contributed by atoms with Crippen LogP contribution in [0, 0.1) is 0 Å². The van der Waals surface area contributed by atoms with Crippen LogP contribution in [0.15, 0.2) is 24.3 Å². The highest BCUT2D eigenvalue weighted by molar-refractivity contribution is 5.98. The topological polar surface area (TPSA) is 26.3 Å². The van der Waals surface area contributed by atoms with Crippen LogP contribution in [0.2, 0.25) is 0 Å². The van der Waals surface area contributed by atoms with Crippen LogP contribution in [0.5, 0.6) is 5.75 Å². The van der Waals surface area contributed by atoms with Gasteiger partial charge in [0.2, 0.25) is 0 Å². The molecule has 1 atom stereocenters. The summed E-state index contributed by atoms with van der Waals surface area (Å²) in [5.41, 5.74) is 0.186. The predicted octanol–water partition coefficient (Wildman–Crippen LogP) is 3.61. The van der Waals surface area contributed by atoms with Gasteiger partial charge in [-0.05, 0) is 19.1 Å². The number of ketones is 1. The Morgan fingerprint density at radius 1 is 1.35 bits per heavy atom. The summed E-state index contributed by atoms with van der Waals surface area (Å²) < 4.78 is 41.8. The molecule has 0 fully saturated rings. The Morgan fingerprint density at radius 3 is 2.47 bits per heavy atom. The number of rotatable bonds is 4. The van der Waals surface area contributed by atoms with Gasteiger partial charge in [0, 0.05) is 6.42 Å². The molecule has 0 saturated carbocycles. The first-order valence-corrected chi connectivity index (χ1v) is 5.21. The van der Waals surface area contributed by atoms with Gasteiger partial charge in [0.25, 0.3) is 0 Å². The number of carbonyl (C=O) groups excluding carboxylic acids is 1. The van der Waals surface area contributed by atoms with Gasteiger partial charge in [-0.3, -0.25) is 4.79 Å². The van der Waals surface area contributed by atoms with E-state index in [1.54, 1.807) is 13.0 Å². The van der Waals surface area contributed by atoms with Gasteiger partial charge >= 0.3 is 6.18 Å². The molecule has 0 spiro atoms. The number of para-hydroxylation sites is 1. The molecular weight excluding hydrogens is 233 g/mol.